The topological polar surface area (TPSA) is 58.1 Å². The average Bonchev–Trinajstić information content (AvgIpc) is 3.59. The lowest BCUT2D eigenvalue weighted by Gasteiger charge is -2.22. The van der Waals surface area contributed by atoms with Crippen molar-refractivity contribution < 1.29 is 9.47 Å². The van der Waals surface area contributed by atoms with Crippen LogP contribution in [-0.2, 0) is 11.3 Å². The largest absolute Gasteiger partial charge is 0.493 e. The summed E-state index contributed by atoms with van der Waals surface area (Å²) in [5.74, 6) is 2.56. The van der Waals surface area contributed by atoms with Crippen LogP contribution in [0.3, 0.4) is 0 Å². The summed E-state index contributed by atoms with van der Waals surface area (Å²) in [4.78, 5) is 6.85. The number of benzene rings is 1. The molecule has 0 aromatic heterocycles. The molecule has 0 bridgehead atoms. The van der Waals surface area contributed by atoms with Gasteiger partial charge in [-0.2, -0.15) is 0 Å². The molecule has 6 nitrogen and oxygen atoms in total. The van der Waals surface area contributed by atoms with Gasteiger partial charge in [-0.15, -0.1) is 24.0 Å². The number of para-hydroxylation sites is 1. The van der Waals surface area contributed by atoms with Gasteiger partial charge in [0.2, 0.25) is 0 Å². The molecule has 158 valence electrons. The third-order valence-corrected chi connectivity index (χ3v) is 5.15. The number of nitrogens with zero attached hydrogens (tertiary/aromatic N) is 2. The molecule has 3 rings (SSSR count). The smallest absolute Gasteiger partial charge is 0.191 e. The maximum Gasteiger partial charge on any atom is 0.191 e. The molecular formula is C21H35IN4O2. The van der Waals surface area contributed by atoms with Gasteiger partial charge in [0, 0.05) is 51.9 Å². The van der Waals surface area contributed by atoms with E-state index < -0.39 is 0 Å². The van der Waals surface area contributed by atoms with Gasteiger partial charge in [-0.3, -0.25) is 9.89 Å². The number of methoxy groups -OCH3 is 1. The van der Waals surface area contributed by atoms with Crippen LogP contribution in [0.15, 0.2) is 29.3 Å². The Hall–Kier alpha value is -1.06. The highest BCUT2D eigenvalue weighted by Gasteiger charge is 2.28. The molecule has 7 heteroatoms. The Morgan fingerprint density at radius 3 is 2.61 bits per heavy atom. The quantitative estimate of drug-likeness (QED) is 0.262. The Kier molecular flexibility index (Phi) is 10.4. The van der Waals surface area contributed by atoms with Crippen LogP contribution in [0.5, 0.6) is 5.75 Å². The van der Waals surface area contributed by atoms with Crippen LogP contribution in [0.4, 0.5) is 0 Å². The third kappa shape index (κ3) is 8.13. The lowest BCUT2D eigenvalue weighted by Crippen LogP contribution is -2.42. The van der Waals surface area contributed by atoms with Crippen molar-refractivity contribution in [1.82, 2.24) is 15.5 Å². The molecule has 2 fully saturated rings. The summed E-state index contributed by atoms with van der Waals surface area (Å²) in [6.07, 6.45) is 5.24. The summed E-state index contributed by atoms with van der Waals surface area (Å²) in [6.45, 7) is 5.22. The van der Waals surface area contributed by atoms with Crippen LogP contribution in [-0.4, -0.2) is 63.9 Å². The second-order valence-corrected chi connectivity index (χ2v) is 7.47. The predicted octanol–water partition coefficient (Wildman–Crippen LogP) is 2.87. The number of rotatable bonds is 12. The molecule has 1 aromatic rings. The first-order chi connectivity index (χ1) is 13.3. The number of aliphatic imine (C=N–C) groups is 1. The predicted molar refractivity (Wildman–Crippen MR) is 125 cm³/mol. The molecule has 28 heavy (non-hydrogen) atoms. The summed E-state index contributed by atoms with van der Waals surface area (Å²) in [5.41, 5.74) is 1.17. The van der Waals surface area contributed by atoms with Crippen molar-refractivity contribution in [2.24, 2.45) is 10.9 Å². The molecule has 2 N–H and O–H groups in total. The number of halogens is 1. The van der Waals surface area contributed by atoms with Gasteiger partial charge in [0.15, 0.2) is 5.96 Å². The first-order valence-electron chi connectivity index (χ1n) is 10.2. The van der Waals surface area contributed by atoms with Crippen molar-refractivity contribution in [3.63, 3.8) is 0 Å². The monoisotopic (exact) mass is 502 g/mol. The van der Waals surface area contributed by atoms with Crippen molar-refractivity contribution in [2.45, 2.75) is 38.3 Å². The number of guanidine groups is 1. The van der Waals surface area contributed by atoms with Gasteiger partial charge < -0.3 is 20.1 Å². The summed E-state index contributed by atoms with van der Waals surface area (Å²) in [6, 6.07) is 9.00. The van der Waals surface area contributed by atoms with Gasteiger partial charge in [0.1, 0.15) is 5.75 Å². The van der Waals surface area contributed by atoms with E-state index in [9.17, 15) is 0 Å². The molecule has 0 radical (unpaired) electrons. The molecule has 1 aromatic carbocycles. The molecule has 2 saturated carbocycles. The maximum absolute atomic E-state index is 5.99. The number of hydrogen-bond donors (Lipinski definition) is 2. The van der Waals surface area contributed by atoms with E-state index in [-0.39, 0.29) is 24.0 Å². The molecule has 0 spiro atoms. The summed E-state index contributed by atoms with van der Waals surface area (Å²) in [7, 11) is 3.58. The molecule has 0 aliphatic heterocycles. The Bertz CT molecular complexity index is 606. The van der Waals surface area contributed by atoms with Crippen LogP contribution in [0.25, 0.3) is 0 Å². The number of hydrogen-bond acceptors (Lipinski definition) is 4. The van der Waals surface area contributed by atoms with E-state index in [1.165, 1.54) is 31.2 Å². The van der Waals surface area contributed by atoms with Crippen LogP contribution in [0, 0.1) is 5.92 Å². The molecular weight excluding hydrogens is 467 g/mol. The van der Waals surface area contributed by atoms with Crippen molar-refractivity contribution in [1.29, 1.82) is 0 Å². The van der Waals surface area contributed by atoms with Crippen LogP contribution in [0.2, 0.25) is 0 Å². The lowest BCUT2D eigenvalue weighted by molar-refractivity contribution is 0.144. The molecule has 0 heterocycles. The van der Waals surface area contributed by atoms with E-state index in [1.807, 2.05) is 13.1 Å². The summed E-state index contributed by atoms with van der Waals surface area (Å²) >= 11 is 0. The second-order valence-electron chi connectivity index (χ2n) is 7.47. The van der Waals surface area contributed by atoms with E-state index in [2.05, 4.69) is 38.7 Å². The minimum absolute atomic E-state index is 0. The van der Waals surface area contributed by atoms with E-state index in [1.54, 1.807) is 7.11 Å². The zero-order chi connectivity index (χ0) is 18.9. The first kappa shape index (κ1) is 23.2. The zero-order valence-corrected chi connectivity index (χ0v) is 19.5. The number of ether oxygens (including phenoxy) is 2. The molecule has 0 unspecified atom stereocenters. The van der Waals surface area contributed by atoms with Crippen LogP contribution in [0.1, 0.15) is 31.2 Å². The van der Waals surface area contributed by atoms with E-state index >= 15 is 0 Å². The Morgan fingerprint density at radius 2 is 1.93 bits per heavy atom. The van der Waals surface area contributed by atoms with E-state index in [0.29, 0.717) is 6.54 Å². The minimum Gasteiger partial charge on any atom is -0.493 e. The Morgan fingerprint density at radius 1 is 1.14 bits per heavy atom. The van der Waals surface area contributed by atoms with E-state index in [4.69, 9.17) is 9.47 Å². The molecule has 2 aliphatic rings. The highest BCUT2D eigenvalue weighted by atomic mass is 127. The van der Waals surface area contributed by atoms with Gasteiger partial charge in [0.05, 0.1) is 13.2 Å². The van der Waals surface area contributed by atoms with Gasteiger partial charge in [-0.05, 0) is 37.7 Å². The maximum atomic E-state index is 5.99. The van der Waals surface area contributed by atoms with Crippen molar-refractivity contribution >= 4 is 29.9 Å². The summed E-state index contributed by atoms with van der Waals surface area (Å²) in [5, 5.41) is 6.83. The van der Waals surface area contributed by atoms with Crippen LogP contribution >= 0.6 is 24.0 Å². The second kappa shape index (κ2) is 12.5. The lowest BCUT2D eigenvalue weighted by atomic mass is 10.2. The Balaban J connectivity index is 0.00000280. The fraction of sp³-hybridized carbons (Fsp3) is 0.667. The first-order valence-corrected chi connectivity index (χ1v) is 10.2. The Labute approximate surface area is 186 Å². The standard InChI is InChI=1S/C21H34N4O2.HI/c1-22-21(23-11-12-25(13-14-26-2)19-9-10-19)24-15-18-5-3-4-6-20(18)27-16-17-7-8-17;/h3-6,17,19H,7-16H2,1-2H3,(H2,22,23,24);1H. The highest BCUT2D eigenvalue weighted by molar-refractivity contribution is 14.0. The average molecular weight is 502 g/mol. The van der Waals surface area contributed by atoms with Crippen molar-refractivity contribution in [3.05, 3.63) is 29.8 Å². The molecule has 0 amide bonds. The zero-order valence-electron chi connectivity index (χ0n) is 17.2. The number of nitrogens with one attached hydrogen (secondary N) is 2. The fourth-order valence-corrected chi connectivity index (χ4v) is 3.13. The van der Waals surface area contributed by atoms with Gasteiger partial charge in [0.25, 0.3) is 0 Å². The van der Waals surface area contributed by atoms with Crippen LogP contribution < -0.4 is 15.4 Å². The normalized spacial score (nSPS) is 16.6. The highest BCUT2D eigenvalue weighted by Crippen LogP contribution is 2.30. The summed E-state index contributed by atoms with van der Waals surface area (Å²) < 4.78 is 11.2. The van der Waals surface area contributed by atoms with E-state index in [0.717, 1.165) is 56.5 Å². The van der Waals surface area contributed by atoms with Crippen molar-refractivity contribution in [2.75, 3.05) is 47.0 Å². The SMILES string of the molecule is CN=C(NCCN(CCOC)C1CC1)NCc1ccccc1OCC1CC1.I. The molecule has 0 atom stereocenters. The van der Waals surface area contributed by atoms with Gasteiger partial charge in [-0.1, -0.05) is 18.2 Å². The molecule has 2 aliphatic carbocycles. The third-order valence-electron chi connectivity index (χ3n) is 5.15. The van der Waals surface area contributed by atoms with Gasteiger partial charge in [-0.25, -0.2) is 0 Å². The molecule has 0 saturated heterocycles. The minimum atomic E-state index is 0. The van der Waals surface area contributed by atoms with Gasteiger partial charge >= 0.3 is 0 Å². The fourth-order valence-electron chi connectivity index (χ4n) is 3.13. The van der Waals surface area contributed by atoms with Crippen molar-refractivity contribution in [3.8, 4) is 5.75 Å².